The van der Waals surface area contributed by atoms with Crippen molar-refractivity contribution in [1.82, 2.24) is 10.2 Å². The van der Waals surface area contributed by atoms with Crippen molar-refractivity contribution < 1.29 is 9.13 Å². The first-order valence-electron chi connectivity index (χ1n) is 5.25. The molecule has 90 valence electrons. The van der Waals surface area contributed by atoms with Gasteiger partial charge in [0, 0.05) is 11.1 Å². The number of nitrogens with one attached hydrogen (secondary N) is 1. The fourth-order valence-corrected chi connectivity index (χ4v) is 1.88. The van der Waals surface area contributed by atoms with Crippen molar-refractivity contribution in [3.63, 3.8) is 0 Å². The molecule has 0 aliphatic heterocycles. The summed E-state index contributed by atoms with van der Waals surface area (Å²) in [4.78, 5) is 0. The Morgan fingerprint density at radius 2 is 2.18 bits per heavy atom. The summed E-state index contributed by atoms with van der Waals surface area (Å²) in [5, 5.41) is 6.48. The van der Waals surface area contributed by atoms with Crippen molar-refractivity contribution in [2.24, 2.45) is 0 Å². The second-order valence-corrected chi connectivity index (χ2v) is 3.73. The summed E-state index contributed by atoms with van der Waals surface area (Å²) in [6.45, 7) is 1.47. The van der Waals surface area contributed by atoms with Gasteiger partial charge in [-0.05, 0) is 18.6 Å². The van der Waals surface area contributed by atoms with Gasteiger partial charge in [0.15, 0.2) is 0 Å². The van der Waals surface area contributed by atoms with Crippen LogP contribution in [0.1, 0.15) is 18.7 Å². The van der Waals surface area contributed by atoms with Crippen LogP contribution in [0.2, 0.25) is 0 Å². The molecular weight excluding hydrogens is 221 g/mol. The van der Waals surface area contributed by atoms with Gasteiger partial charge in [-0.3, -0.25) is 5.10 Å². The molecule has 1 aromatic carbocycles. The van der Waals surface area contributed by atoms with Crippen molar-refractivity contribution in [2.75, 3.05) is 12.8 Å². The minimum atomic E-state index is -1.14. The maximum Gasteiger partial charge on any atom is 0.126 e. The van der Waals surface area contributed by atoms with E-state index in [4.69, 9.17) is 10.5 Å². The highest BCUT2D eigenvalue weighted by Gasteiger charge is 2.18. The van der Waals surface area contributed by atoms with E-state index in [0.29, 0.717) is 28.3 Å². The number of ether oxygens (including phenoxy) is 1. The molecule has 0 bridgehead atoms. The molecule has 4 nitrogen and oxygen atoms in total. The number of hydrogen-bond donors (Lipinski definition) is 2. The van der Waals surface area contributed by atoms with Crippen molar-refractivity contribution >= 4 is 5.82 Å². The van der Waals surface area contributed by atoms with Crippen LogP contribution in [0.3, 0.4) is 0 Å². The van der Waals surface area contributed by atoms with Crippen LogP contribution in [-0.4, -0.2) is 17.3 Å². The van der Waals surface area contributed by atoms with Crippen LogP contribution < -0.4 is 10.5 Å². The standard InChI is InChI=1S/C12H14FN3O/c1-7(13)11-8(4-3-5-10(11)17-2)9-6-15-16-12(9)14/h3-7H,1-2H3,(H3,14,15,16). The fraction of sp³-hybridized carbons (Fsp3) is 0.250. The van der Waals surface area contributed by atoms with Gasteiger partial charge in [-0.2, -0.15) is 5.10 Å². The molecule has 0 spiro atoms. The molecule has 17 heavy (non-hydrogen) atoms. The number of nitrogen functional groups attached to an aromatic ring is 1. The van der Waals surface area contributed by atoms with Gasteiger partial charge in [-0.25, -0.2) is 4.39 Å². The average Bonchev–Trinajstić information content (AvgIpc) is 2.74. The first kappa shape index (κ1) is 11.4. The van der Waals surface area contributed by atoms with Crippen molar-refractivity contribution in [1.29, 1.82) is 0 Å². The lowest BCUT2D eigenvalue weighted by molar-refractivity contribution is 0.347. The molecule has 1 aromatic heterocycles. The Hall–Kier alpha value is -2.04. The summed E-state index contributed by atoms with van der Waals surface area (Å²) in [6, 6.07) is 5.33. The largest absolute Gasteiger partial charge is 0.496 e. The molecule has 1 unspecified atom stereocenters. The number of aromatic amines is 1. The molecular formula is C12H14FN3O. The summed E-state index contributed by atoms with van der Waals surface area (Å²) in [5.74, 6) is 0.929. The zero-order valence-corrected chi connectivity index (χ0v) is 9.70. The molecule has 5 heteroatoms. The first-order chi connectivity index (χ1) is 8.15. The zero-order valence-electron chi connectivity index (χ0n) is 9.70. The maximum atomic E-state index is 13.7. The van der Waals surface area contributed by atoms with E-state index < -0.39 is 6.17 Å². The molecule has 2 aromatic rings. The monoisotopic (exact) mass is 235 g/mol. The number of aromatic nitrogens is 2. The molecule has 0 aliphatic rings. The number of rotatable bonds is 3. The zero-order chi connectivity index (χ0) is 12.4. The average molecular weight is 235 g/mol. The van der Waals surface area contributed by atoms with Gasteiger partial charge in [0.1, 0.15) is 17.7 Å². The molecule has 1 atom stereocenters. The second kappa shape index (κ2) is 4.45. The second-order valence-electron chi connectivity index (χ2n) is 3.73. The van der Waals surface area contributed by atoms with Crippen LogP contribution in [0.4, 0.5) is 10.2 Å². The van der Waals surface area contributed by atoms with Gasteiger partial charge < -0.3 is 10.5 Å². The number of methoxy groups -OCH3 is 1. The Balaban J connectivity index is 2.65. The molecule has 0 aliphatic carbocycles. The van der Waals surface area contributed by atoms with Crippen LogP contribution in [0.5, 0.6) is 5.75 Å². The SMILES string of the molecule is COc1cccc(-c2cn[nH]c2N)c1C(C)F. The number of anilines is 1. The van der Waals surface area contributed by atoms with Crippen molar-refractivity contribution in [3.8, 4) is 16.9 Å². The van der Waals surface area contributed by atoms with E-state index in [9.17, 15) is 4.39 Å². The molecule has 0 amide bonds. The lowest BCUT2D eigenvalue weighted by Gasteiger charge is -2.14. The van der Waals surface area contributed by atoms with Crippen molar-refractivity contribution in [2.45, 2.75) is 13.1 Å². The number of H-pyrrole nitrogens is 1. The quantitative estimate of drug-likeness (QED) is 0.859. The Labute approximate surface area is 98.6 Å². The molecule has 3 N–H and O–H groups in total. The highest BCUT2D eigenvalue weighted by atomic mass is 19.1. The molecule has 0 saturated carbocycles. The van der Waals surface area contributed by atoms with Gasteiger partial charge in [0.05, 0.1) is 13.3 Å². The summed E-state index contributed by atoms with van der Waals surface area (Å²) >= 11 is 0. The lowest BCUT2D eigenvalue weighted by atomic mass is 9.98. The van der Waals surface area contributed by atoms with E-state index in [1.165, 1.54) is 14.0 Å². The van der Waals surface area contributed by atoms with Gasteiger partial charge in [-0.1, -0.05) is 12.1 Å². The van der Waals surface area contributed by atoms with E-state index in [1.807, 2.05) is 0 Å². The van der Waals surface area contributed by atoms with Crippen LogP contribution in [0, 0.1) is 0 Å². The molecule has 0 fully saturated rings. The molecule has 0 radical (unpaired) electrons. The summed E-state index contributed by atoms with van der Waals surface area (Å²) in [6.07, 6.45) is 0.436. The number of halogens is 1. The van der Waals surface area contributed by atoms with Crippen molar-refractivity contribution in [3.05, 3.63) is 30.0 Å². The molecule has 2 rings (SSSR count). The predicted octanol–water partition coefficient (Wildman–Crippen LogP) is 2.70. The number of alkyl halides is 1. The minimum Gasteiger partial charge on any atom is -0.496 e. The number of nitrogens with two attached hydrogens (primary N) is 1. The van der Waals surface area contributed by atoms with E-state index in [0.717, 1.165) is 0 Å². The van der Waals surface area contributed by atoms with Gasteiger partial charge in [-0.15, -0.1) is 0 Å². The van der Waals surface area contributed by atoms with Crippen LogP contribution >= 0.6 is 0 Å². The topological polar surface area (TPSA) is 63.9 Å². The number of nitrogens with zero attached hydrogens (tertiary/aromatic N) is 1. The van der Waals surface area contributed by atoms with Gasteiger partial charge in [0.2, 0.25) is 0 Å². The van der Waals surface area contributed by atoms with Crippen LogP contribution in [0.15, 0.2) is 24.4 Å². The smallest absolute Gasteiger partial charge is 0.126 e. The fourth-order valence-electron chi connectivity index (χ4n) is 1.88. The van der Waals surface area contributed by atoms with E-state index in [-0.39, 0.29) is 0 Å². The minimum absolute atomic E-state index is 0.417. The highest BCUT2D eigenvalue weighted by Crippen LogP contribution is 2.38. The van der Waals surface area contributed by atoms with E-state index in [2.05, 4.69) is 10.2 Å². The number of benzene rings is 1. The Bertz CT molecular complexity index is 522. The lowest BCUT2D eigenvalue weighted by Crippen LogP contribution is -1.97. The van der Waals surface area contributed by atoms with Crippen LogP contribution in [-0.2, 0) is 0 Å². The highest BCUT2D eigenvalue weighted by molar-refractivity contribution is 5.77. The van der Waals surface area contributed by atoms with Crippen LogP contribution in [0.25, 0.3) is 11.1 Å². The summed E-state index contributed by atoms with van der Waals surface area (Å²) < 4.78 is 18.9. The first-order valence-corrected chi connectivity index (χ1v) is 5.25. The summed E-state index contributed by atoms with van der Waals surface area (Å²) in [7, 11) is 1.52. The maximum absolute atomic E-state index is 13.7. The Morgan fingerprint density at radius 3 is 2.71 bits per heavy atom. The third kappa shape index (κ3) is 1.95. The van der Waals surface area contributed by atoms with E-state index >= 15 is 0 Å². The predicted molar refractivity (Wildman–Crippen MR) is 64.5 cm³/mol. The molecule has 1 heterocycles. The third-order valence-electron chi connectivity index (χ3n) is 2.64. The van der Waals surface area contributed by atoms with Gasteiger partial charge in [0.25, 0.3) is 0 Å². The Kier molecular flexibility index (Phi) is 2.99. The normalized spacial score (nSPS) is 12.4. The Morgan fingerprint density at radius 1 is 1.41 bits per heavy atom. The number of hydrogen-bond acceptors (Lipinski definition) is 3. The molecule has 0 saturated heterocycles. The third-order valence-corrected chi connectivity index (χ3v) is 2.64. The van der Waals surface area contributed by atoms with Gasteiger partial charge >= 0.3 is 0 Å². The summed E-state index contributed by atoms with van der Waals surface area (Å²) in [5.41, 5.74) is 7.62. The van der Waals surface area contributed by atoms with E-state index in [1.54, 1.807) is 24.4 Å².